The van der Waals surface area contributed by atoms with E-state index in [9.17, 15) is 0 Å². The zero-order valence-corrected chi connectivity index (χ0v) is 19.8. The molecule has 0 saturated carbocycles. The van der Waals surface area contributed by atoms with Gasteiger partial charge in [0.15, 0.2) is 0 Å². The van der Waals surface area contributed by atoms with Crippen molar-refractivity contribution in [3.63, 3.8) is 0 Å². The molecular formula is C18H29Cl2SiZr. The Kier molecular flexibility index (Phi) is 27.3. The summed E-state index contributed by atoms with van der Waals surface area (Å²) in [5.41, 5.74) is 2.73. The van der Waals surface area contributed by atoms with Crippen molar-refractivity contribution in [3.8, 4) is 0 Å². The molecule has 0 aliphatic heterocycles. The van der Waals surface area contributed by atoms with Crippen LogP contribution in [-0.2, 0) is 26.2 Å². The Morgan fingerprint density at radius 1 is 0.818 bits per heavy atom. The third-order valence-corrected chi connectivity index (χ3v) is 2.69. The summed E-state index contributed by atoms with van der Waals surface area (Å²) in [6, 6.07) is 0. The second kappa shape index (κ2) is 19.7. The summed E-state index contributed by atoms with van der Waals surface area (Å²) in [5, 5.41) is 0. The number of hydrogen-bond donors (Lipinski definition) is 0. The molecule has 0 amide bonds. The fourth-order valence-corrected chi connectivity index (χ4v) is 1.64. The minimum absolute atomic E-state index is 0. The fraction of sp³-hybridized carbons (Fsp3) is 0.556. The van der Waals surface area contributed by atoms with E-state index in [0.717, 1.165) is 22.4 Å². The summed E-state index contributed by atoms with van der Waals surface area (Å²) in [5.74, 6) is 1.32. The molecule has 2 rings (SSSR count). The molecule has 2 aliphatic rings. The maximum absolute atomic E-state index is 3.26. The van der Waals surface area contributed by atoms with Crippen LogP contribution >= 0.6 is 0 Å². The van der Waals surface area contributed by atoms with Gasteiger partial charge in [0.2, 0.25) is 0 Å². The predicted octanol–water partition coefficient (Wildman–Crippen LogP) is -0.812. The molecule has 0 aromatic rings. The molecule has 0 spiro atoms. The summed E-state index contributed by atoms with van der Waals surface area (Å²) in [7, 11) is 0.750. The fourth-order valence-electron chi connectivity index (χ4n) is 1.64. The van der Waals surface area contributed by atoms with Crippen molar-refractivity contribution in [1.82, 2.24) is 0 Å². The predicted molar refractivity (Wildman–Crippen MR) is 89.6 cm³/mol. The number of hydrogen-bond acceptors (Lipinski definition) is 0. The van der Waals surface area contributed by atoms with Crippen molar-refractivity contribution in [1.29, 1.82) is 0 Å². The van der Waals surface area contributed by atoms with Gasteiger partial charge >= 0.3 is 26.2 Å². The summed E-state index contributed by atoms with van der Waals surface area (Å²) >= 11 is 0. The van der Waals surface area contributed by atoms with Gasteiger partial charge in [-0.15, -0.1) is 12.8 Å². The van der Waals surface area contributed by atoms with Gasteiger partial charge in [-0.1, -0.05) is 52.6 Å². The van der Waals surface area contributed by atoms with Gasteiger partial charge in [-0.2, -0.15) is 12.2 Å². The van der Waals surface area contributed by atoms with Crippen LogP contribution in [0.15, 0.2) is 35.5 Å². The van der Waals surface area contributed by atoms with Crippen LogP contribution in [0, 0.1) is 24.0 Å². The van der Waals surface area contributed by atoms with E-state index < -0.39 is 0 Å². The zero-order chi connectivity index (χ0) is 14.7. The van der Waals surface area contributed by atoms with Crippen molar-refractivity contribution in [2.45, 2.75) is 53.6 Å². The third-order valence-electron chi connectivity index (χ3n) is 2.69. The van der Waals surface area contributed by atoms with E-state index in [1.54, 1.807) is 0 Å². The first-order valence-electron chi connectivity index (χ1n) is 7.31. The first-order chi connectivity index (χ1) is 9.02. The van der Waals surface area contributed by atoms with Crippen molar-refractivity contribution in [2.75, 3.05) is 0 Å². The molecule has 0 fully saturated rings. The van der Waals surface area contributed by atoms with Gasteiger partial charge in [0.05, 0.1) is 0 Å². The molecule has 0 aromatic carbocycles. The molecule has 123 valence electrons. The molecule has 1 radical (unpaired) electrons. The van der Waals surface area contributed by atoms with Gasteiger partial charge in [0, 0.05) is 9.52 Å². The quantitative estimate of drug-likeness (QED) is 0.393. The molecule has 2 aliphatic carbocycles. The summed E-state index contributed by atoms with van der Waals surface area (Å²) in [6.45, 7) is 13.2. The van der Waals surface area contributed by atoms with Gasteiger partial charge in [0.1, 0.15) is 0 Å². The van der Waals surface area contributed by atoms with Gasteiger partial charge in [-0.3, -0.25) is 12.2 Å². The average Bonchev–Trinajstić information content (AvgIpc) is 3.05. The number of allylic oxidation sites excluding steroid dienone is 8. The standard InChI is InChI=1S/2C8H11.C2H7Si.2ClH.Zr/c2*1-7(2)8-5-3-4-6-8;1-3-2;;;/h2*3,5,7H,4H2,1-2H3;3H,1-2H3;2*1H;/q2*-1;;;;+4/p-2. The number of rotatable bonds is 2. The molecular weight excluding hydrogens is 406 g/mol. The van der Waals surface area contributed by atoms with Crippen molar-refractivity contribution in [3.05, 3.63) is 47.6 Å². The normalized spacial score (nSPS) is 13.6. The third kappa shape index (κ3) is 15.5. The SMILES string of the molecule is CC(C)C1=[C-]CC=C1.CC(C)C1=[C-]CC=C1.C[SiH]C.[Cl-].[Cl-].[Zr+4]. The largest absolute Gasteiger partial charge is 4.00 e. The molecule has 0 aromatic heterocycles. The summed E-state index contributed by atoms with van der Waals surface area (Å²) < 4.78 is 0. The summed E-state index contributed by atoms with van der Waals surface area (Å²) in [6.07, 6.45) is 17.2. The van der Waals surface area contributed by atoms with Crippen LogP contribution in [-0.4, -0.2) is 9.52 Å². The van der Waals surface area contributed by atoms with Gasteiger partial charge in [0.25, 0.3) is 0 Å². The van der Waals surface area contributed by atoms with Gasteiger partial charge in [-0.25, -0.2) is 23.3 Å². The molecule has 0 bridgehead atoms. The second-order valence-corrected chi connectivity index (χ2v) is 6.52. The summed E-state index contributed by atoms with van der Waals surface area (Å²) in [4.78, 5) is 0. The molecule has 22 heavy (non-hydrogen) atoms. The van der Waals surface area contributed by atoms with Crippen LogP contribution < -0.4 is 24.8 Å². The minimum atomic E-state index is 0. The van der Waals surface area contributed by atoms with Crippen molar-refractivity contribution < 1.29 is 51.0 Å². The molecule has 0 unspecified atom stereocenters. The second-order valence-electron chi connectivity index (χ2n) is 5.36. The van der Waals surface area contributed by atoms with E-state index in [0.29, 0.717) is 11.8 Å². The van der Waals surface area contributed by atoms with E-state index in [2.05, 4.69) is 77.2 Å². The van der Waals surface area contributed by atoms with Crippen molar-refractivity contribution in [2.24, 2.45) is 11.8 Å². The van der Waals surface area contributed by atoms with Gasteiger partial charge < -0.3 is 24.8 Å². The van der Waals surface area contributed by atoms with Crippen LogP contribution in [0.2, 0.25) is 13.1 Å². The Hall–Kier alpha value is 0.640. The van der Waals surface area contributed by atoms with E-state index in [-0.39, 0.29) is 51.0 Å². The van der Waals surface area contributed by atoms with E-state index in [4.69, 9.17) is 0 Å². The molecule has 0 nitrogen and oxygen atoms in total. The van der Waals surface area contributed by atoms with E-state index >= 15 is 0 Å². The monoisotopic (exact) mass is 433 g/mol. The maximum atomic E-state index is 3.26. The first kappa shape index (κ1) is 30.5. The Balaban J connectivity index is -0.000000112. The number of halogens is 2. The Bertz CT molecular complexity index is 322. The Morgan fingerprint density at radius 2 is 1.09 bits per heavy atom. The van der Waals surface area contributed by atoms with Gasteiger partial charge in [-0.05, 0) is 0 Å². The van der Waals surface area contributed by atoms with Crippen LogP contribution in [0.5, 0.6) is 0 Å². The minimum Gasteiger partial charge on any atom is -1.00 e. The molecule has 0 atom stereocenters. The van der Waals surface area contributed by atoms with Crippen LogP contribution in [0.3, 0.4) is 0 Å². The zero-order valence-electron chi connectivity index (χ0n) is 14.7. The molecule has 4 heteroatoms. The molecule has 0 N–H and O–H groups in total. The average molecular weight is 436 g/mol. The smallest absolute Gasteiger partial charge is 1.00 e. The van der Waals surface area contributed by atoms with Crippen molar-refractivity contribution >= 4 is 9.52 Å². The van der Waals surface area contributed by atoms with Crippen LogP contribution in [0.4, 0.5) is 0 Å². The molecule has 0 saturated heterocycles. The van der Waals surface area contributed by atoms with E-state index in [1.807, 2.05) is 0 Å². The maximum Gasteiger partial charge on any atom is 4.00 e. The Morgan fingerprint density at radius 3 is 1.18 bits per heavy atom. The molecule has 0 heterocycles. The van der Waals surface area contributed by atoms with Crippen LogP contribution in [0.1, 0.15) is 40.5 Å². The van der Waals surface area contributed by atoms with E-state index in [1.165, 1.54) is 11.1 Å². The topological polar surface area (TPSA) is 0 Å². The van der Waals surface area contributed by atoms with Crippen LogP contribution in [0.25, 0.3) is 0 Å². The first-order valence-corrected chi connectivity index (χ1v) is 9.62. The Labute approximate surface area is 172 Å².